The minimum Gasteiger partial charge on any atom is -0.479 e. The maximum atomic E-state index is 12.4. The first-order valence-corrected chi connectivity index (χ1v) is 7.36. The number of carbonyl (C=O) groups is 1. The van der Waals surface area contributed by atoms with Gasteiger partial charge in [-0.1, -0.05) is 23.7 Å². The maximum Gasteiger partial charge on any atom is 0.263 e. The number of likely N-dealkylation sites (N-methyl/N-ethyl adjacent to an activating group) is 1. The number of halogens is 1. The van der Waals surface area contributed by atoms with Crippen molar-refractivity contribution in [1.29, 1.82) is 0 Å². The van der Waals surface area contributed by atoms with E-state index in [2.05, 4.69) is 5.32 Å². The number of benzene rings is 1. The highest BCUT2D eigenvalue weighted by Gasteiger charge is 2.26. The number of carbonyl (C=O) groups excluding carboxylic acids is 1. The van der Waals surface area contributed by atoms with Crippen LogP contribution in [-0.2, 0) is 4.79 Å². The van der Waals surface area contributed by atoms with Crippen molar-refractivity contribution in [3.05, 3.63) is 29.3 Å². The van der Waals surface area contributed by atoms with Gasteiger partial charge >= 0.3 is 0 Å². The van der Waals surface area contributed by atoms with Gasteiger partial charge in [0.1, 0.15) is 5.75 Å². The average molecular weight is 297 g/mol. The molecule has 0 spiro atoms. The molecule has 1 saturated heterocycles. The van der Waals surface area contributed by atoms with Crippen molar-refractivity contribution in [3.63, 3.8) is 0 Å². The van der Waals surface area contributed by atoms with Crippen molar-refractivity contribution in [3.8, 4) is 5.75 Å². The number of hydrogen-bond acceptors (Lipinski definition) is 3. The Hall–Kier alpha value is -1.26. The predicted molar refractivity (Wildman–Crippen MR) is 80.2 cm³/mol. The molecule has 0 aliphatic carbocycles. The van der Waals surface area contributed by atoms with Gasteiger partial charge in [-0.3, -0.25) is 4.79 Å². The molecule has 0 aromatic heterocycles. The minimum absolute atomic E-state index is 0.00294. The number of nitrogens with zero attached hydrogens (tertiary/aromatic N) is 1. The predicted octanol–water partition coefficient (Wildman–Crippen LogP) is 2.32. The molecule has 1 aliphatic rings. The van der Waals surface area contributed by atoms with Crippen LogP contribution in [0.2, 0.25) is 5.02 Å². The lowest BCUT2D eigenvalue weighted by molar-refractivity contribution is -0.139. The molecule has 5 heteroatoms. The van der Waals surface area contributed by atoms with E-state index in [0.717, 1.165) is 25.9 Å². The van der Waals surface area contributed by atoms with Gasteiger partial charge in [-0.25, -0.2) is 0 Å². The third-order valence-electron chi connectivity index (χ3n) is 3.69. The molecule has 2 rings (SSSR count). The van der Waals surface area contributed by atoms with E-state index in [1.165, 1.54) is 0 Å². The fourth-order valence-electron chi connectivity index (χ4n) is 2.44. The number of rotatable bonds is 4. The van der Waals surface area contributed by atoms with Gasteiger partial charge < -0.3 is 15.0 Å². The zero-order valence-electron chi connectivity index (χ0n) is 11.9. The second-order valence-corrected chi connectivity index (χ2v) is 5.53. The Morgan fingerprint density at radius 2 is 2.05 bits per heavy atom. The molecule has 1 heterocycles. The lowest BCUT2D eigenvalue weighted by Gasteiger charge is -2.33. The van der Waals surface area contributed by atoms with E-state index >= 15 is 0 Å². The van der Waals surface area contributed by atoms with Crippen LogP contribution in [0.15, 0.2) is 24.3 Å². The molecule has 110 valence electrons. The average Bonchev–Trinajstić information content (AvgIpc) is 2.49. The molecule has 0 saturated carbocycles. The Morgan fingerprint density at radius 3 is 2.70 bits per heavy atom. The smallest absolute Gasteiger partial charge is 0.263 e. The van der Waals surface area contributed by atoms with Gasteiger partial charge in [-0.05, 0) is 45.0 Å². The highest BCUT2D eigenvalue weighted by molar-refractivity contribution is 6.32. The molecule has 1 aromatic rings. The van der Waals surface area contributed by atoms with Crippen molar-refractivity contribution in [2.45, 2.75) is 31.9 Å². The Balaban J connectivity index is 1.96. The SMILES string of the molecule is CC(Oc1ccccc1Cl)C(=O)N(C)C1CCNCC1. The number of piperidine rings is 1. The number of amides is 1. The molecule has 4 nitrogen and oxygen atoms in total. The van der Waals surface area contributed by atoms with E-state index in [1.54, 1.807) is 19.1 Å². The van der Waals surface area contributed by atoms with Crippen molar-refractivity contribution < 1.29 is 9.53 Å². The molecule has 1 aliphatic heterocycles. The van der Waals surface area contributed by atoms with E-state index in [1.807, 2.05) is 24.1 Å². The fraction of sp³-hybridized carbons (Fsp3) is 0.533. The summed E-state index contributed by atoms with van der Waals surface area (Å²) < 4.78 is 5.68. The molecule has 1 fully saturated rings. The second-order valence-electron chi connectivity index (χ2n) is 5.12. The van der Waals surface area contributed by atoms with Crippen LogP contribution in [0.25, 0.3) is 0 Å². The summed E-state index contributed by atoms with van der Waals surface area (Å²) >= 11 is 6.04. The first-order chi connectivity index (χ1) is 9.59. The molecule has 1 amide bonds. The Morgan fingerprint density at radius 1 is 1.40 bits per heavy atom. The van der Waals surface area contributed by atoms with Gasteiger partial charge in [0.15, 0.2) is 6.10 Å². The first-order valence-electron chi connectivity index (χ1n) is 6.98. The van der Waals surface area contributed by atoms with Crippen molar-refractivity contribution in [1.82, 2.24) is 10.2 Å². The van der Waals surface area contributed by atoms with Gasteiger partial charge in [0.2, 0.25) is 0 Å². The van der Waals surface area contributed by atoms with Gasteiger partial charge in [0, 0.05) is 13.1 Å². The minimum atomic E-state index is -0.533. The molecule has 0 bridgehead atoms. The highest BCUT2D eigenvalue weighted by atomic mass is 35.5. The highest BCUT2D eigenvalue weighted by Crippen LogP contribution is 2.24. The monoisotopic (exact) mass is 296 g/mol. The largest absolute Gasteiger partial charge is 0.479 e. The van der Waals surface area contributed by atoms with Crippen LogP contribution < -0.4 is 10.1 Å². The van der Waals surface area contributed by atoms with Crippen LogP contribution in [0.4, 0.5) is 0 Å². The topological polar surface area (TPSA) is 41.6 Å². The van der Waals surface area contributed by atoms with E-state index in [0.29, 0.717) is 16.8 Å². The summed E-state index contributed by atoms with van der Waals surface area (Å²) in [4.78, 5) is 14.2. The van der Waals surface area contributed by atoms with Crippen LogP contribution in [0.5, 0.6) is 5.75 Å². The number of nitrogens with one attached hydrogen (secondary N) is 1. The fourth-order valence-corrected chi connectivity index (χ4v) is 2.62. The zero-order chi connectivity index (χ0) is 14.5. The third kappa shape index (κ3) is 3.64. The summed E-state index contributed by atoms with van der Waals surface area (Å²) in [5.41, 5.74) is 0. The van der Waals surface area contributed by atoms with Gasteiger partial charge in [-0.2, -0.15) is 0 Å². The number of hydrogen-bond donors (Lipinski definition) is 1. The lowest BCUT2D eigenvalue weighted by Crippen LogP contribution is -2.48. The standard InChI is InChI=1S/C15H21ClN2O2/c1-11(20-14-6-4-3-5-13(14)16)15(19)18(2)12-7-9-17-10-8-12/h3-6,11-12,17H,7-10H2,1-2H3. The van der Waals surface area contributed by atoms with E-state index in [-0.39, 0.29) is 5.91 Å². The molecule has 20 heavy (non-hydrogen) atoms. The third-order valence-corrected chi connectivity index (χ3v) is 4.00. The maximum absolute atomic E-state index is 12.4. The lowest BCUT2D eigenvalue weighted by atomic mass is 10.0. The van der Waals surface area contributed by atoms with Crippen LogP contribution in [-0.4, -0.2) is 43.1 Å². The summed E-state index contributed by atoms with van der Waals surface area (Å²) in [6, 6.07) is 7.50. The molecular formula is C15H21ClN2O2. The summed E-state index contributed by atoms with van der Waals surface area (Å²) in [6.07, 6.45) is 1.44. The molecule has 0 radical (unpaired) electrons. The normalized spacial score (nSPS) is 17.6. The number of para-hydroxylation sites is 1. The first kappa shape index (κ1) is 15.1. The summed E-state index contributed by atoms with van der Waals surface area (Å²) in [6.45, 7) is 3.69. The molecule has 1 N–H and O–H groups in total. The van der Waals surface area contributed by atoms with Gasteiger partial charge in [0.05, 0.1) is 5.02 Å². The Bertz CT molecular complexity index is 461. The summed E-state index contributed by atoms with van der Waals surface area (Å²) in [5.74, 6) is 0.547. The molecule has 1 unspecified atom stereocenters. The van der Waals surface area contributed by atoms with Crippen molar-refractivity contribution in [2.24, 2.45) is 0 Å². The quantitative estimate of drug-likeness (QED) is 0.927. The van der Waals surface area contributed by atoms with Gasteiger partial charge in [-0.15, -0.1) is 0 Å². The van der Waals surface area contributed by atoms with Crippen molar-refractivity contribution >= 4 is 17.5 Å². The van der Waals surface area contributed by atoms with E-state index in [9.17, 15) is 4.79 Å². The van der Waals surface area contributed by atoms with E-state index < -0.39 is 6.10 Å². The van der Waals surface area contributed by atoms with Crippen LogP contribution >= 0.6 is 11.6 Å². The summed E-state index contributed by atoms with van der Waals surface area (Å²) in [7, 11) is 1.85. The summed E-state index contributed by atoms with van der Waals surface area (Å²) in [5, 5.41) is 3.82. The van der Waals surface area contributed by atoms with Crippen LogP contribution in [0.1, 0.15) is 19.8 Å². The van der Waals surface area contributed by atoms with Gasteiger partial charge in [0.25, 0.3) is 5.91 Å². The van der Waals surface area contributed by atoms with Crippen molar-refractivity contribution in [2.75, 3.05) is 20.1 Å². The Kier molecular flexibility index (Phi) is 5.26. The second kappa shape index (κ2) is 6.95. The van der Waals surface area contributed by atoms with Crippen LogP contribution in [0.3, 0.4) is 0 Å². The number of ether oxygens (including phenoxy) is 1. The van der Waals surface area contributed by atoms with E-state index in [4.69, 9.17) is 16.3 Å². The molecule has 1 atom stereocenters. The van der Waals surface area contributed by atoms with Crippen LogP contribution in [0, 0.1) is 0 Å². The molecule has 1 aromatic carbocycles. The molecular weight excluding hydrogens is 276 g/mol. The Labute approximate surface area is 125 Å². The zero-order valence-corrected chi connectivity index (χ0v) is 12.7.